The minimum absolute atomic E-state index is 0.00862. The second-order valence-electron chi connectivity index (χ2n) is 5.30. The maximum absolute atomic E-state index is 12.1. The Hall–Kier alpha value is -1.59. The van der Waals surface area contributed by atoms with Crippen LogP contribution in [0.15, 0.2) is 0 Å². The summed E-state index contributed by atoms with van der Waals surface area (Å²) >= 11 is 0. The molecule has 2 fully saturated rings. The van der Waals surface area contributed by atoms with Crippen LogP contribution in [0.5, 0.6) is 0 Å². The van der Waals surface area contributed by atoms with Crippen molar-refractivity contribution in [2.75, 3.05) is 19.6 Å². The van der Waals surface area contributed by atoms with Gasteiger partial charge in [-0.2, -0.15) is 0 Å². The van der Waals surface area contributed by atoms with E-state index in [2.05, 4.69) is 10.6 Å². The zero-order chi connectivity index (χ0) is 13.8. The molecule has 2 rings (SSSR count). The SMILES string of the molecule is CC(NC(=O)C1CCC(=O)NC1)C(=O)N1CCCC1. The van der Waals surface area contributed by atoms with E-state index >= 15 is 0 Å². The van der Waals surface area contributed by atoms with Crippen molar-refractivity contribution >= 4 is 17.7 Å². The average Bonchev–Trinajstić information content (AvgIpc) is 2.92. The van der Waals surface area contributed by atoms with Gasteiger partial charge < -0.3 is 15.5 Å². The van der Waals surface area contributed by atoms with E-state index in [1.807, 2.05) is 0 Å². The van der Waals surface area contributed by atoms with Crippen LogP contribution in [0.4, 0.5) is 0 Å². The number of nitrogens with zero attached hydrogens (tertiary/aromatic N) is 1. The van der Waals surface area contributed by atoms with Crippen molar-refractivity contribution in [1.29, 1.82) is 0 Å². The standard InChI is InChI=1S/C13H21N3O3/c1-9(13(19)16-6-2-3-7-16)15-12(18)10-4-5-11(17)14-8-10/h9-10H,2-8H2,1H3,(H,14,17)(H,15,18). The van der Waals surface area contributed by atoms with Gasteiger partial charge in [-0.1, -0.05) is 0 Å². The maximum atomic E-state index is 12.1. The lowest BCUT2D eigenvalue weighted by atomic mass is 9.98. The monoisotopic (exact) mass is 267 g/mol. The minimum Gasteiger partial charge on any atom is -0.355 e. The molecule has 2 N–H and O–H groups in total. The number of hydrogen-bond donors (Lipinski definition) is 2. The van der Waals surface area contributed by atoms with E-state index in [0.29, 0.717) is 19.4 Å². The second kappa shape index (κ2) is 6.04. The molecule has 2 unspecified atom stereocenters. The van der Waals surface area contributed by atoms with E-state index in [-0.39, 0.29) is 23.6 Å². The van der Waals surface area contributed by atoms with Crippen LogP contribution in [-0.4, -0.2) is 48.3 Å². The summed E-state index contributed by atoms with van der Waals surface area (Å²) in [7, 11) is 0. The third-order valence-corrected chi connectivity index (χ3v) is 3.78. The van der Waals surface area contributed by atoms with Crippen LogP contribution in [0, 0.1) is 5.92 Å². The Bertz CT molecular complexity index is 367. The molecule has 0 aromatic carbocycles. The highest BCUT2D eigenvalue weighted by Gasteiger charge is 2.29. The second-order valence-corrected chi connectivity index (χ2v) is 5.30. The summed E-state index contributed by atoms with van der Waals surface area (Å²) in [6.45, 7) is 3.67. The third-order valence-electron chi connectivity index (χ3n) is 3.78. The molecule has 0 aliphatic carbocycles. The number of likely N-dealkylation sites (tertiary alicyclic amines) is 1. The Morgan fingerprint density at radius 2 is 2.05 bits per heavy atom. The molecule has 0 saturated carbocycles. The fraction of sp³-hybridized carbons (Fsp3) is 0.769. The number of rotatable bonds is 3. The molecule has 2 heterocycles. The van der Waals surface area contributed by atoms with Crippen LogP contribution in [0.25, 0.3) is 0 Å². The van der Waals surface area contributed by atoms with Crippen molar-refractivity contribution in [3.63, 3.8) is 0 Å². The van der Waals surface area contributed by atoms with E-state index in [0.717, 1.165) is 25.9 Å². The predicted octanol–water partition coefficient (Wildman–Crippen LogP) is -0.360. The van der Waals surface area contributed by atoms with Gasteiger partial charge in [0, 0.05) is 26.1 Å². The number of carbonyl (C=O) groups is 3. The number of piperidine rings is 1. The van der Waals surface area contributed by atoms with Crippen molar-refractivity contribution in [2.45, 2.75) is 38.6 Å². The Kier molecular flexibility index (Phi) is 4.39. The van der Waals surface area contributed by atoms with Crippen LogP contribution in [-0.2, 0) is 14.4 Å². The molecular formula is C13H21N3O3. The van der Waals surface area contributed by atoms with E-state index < -0.39 is 6.04 Å². The Morgan fingerprint density at radius 1 is 1.37 bits per heavy atom. The van der Waals surface area contributed by atoms with Gasteiger partial charge in [-0.05, 0) is 26.2 Å². The molecule has 19 heavy (non-hydrogen) atoms. The van der Waals surface area contributed by atoms with Crippen molar-refractivity contribution in [3.05, 3.63) is 0 Å². The lowest BCUT2D eigenvalue weighted by molar-refractivity contribution is -0.137. The first-order valence-electron chi connectivity index (χ1n) is 6.94. The Morgan fingerprint density at radius 3 is 2.63 bits per heavy atom. The molecule has 2 aliphatic rings. The van der Waals surface area contributed by atoms with Gasteiger partial charge in [0.25, 0.3) is 0 Å². The van der Waals surface area contributed by atoms with Gasteiger partial charge in [0.15, 0.2) is 0 Å². The molecule has 2 atom stereocenters. The lowest BCUT2D eigenvalue weighted by Gasteiger charge is -2.25. The van der Waals surface area contributed by atoms with Gasteiger partial charge in [0.05, 0.1) is 5.92 Å². The number of nitrogens with one attached hydrogen (secondary N) is 2. The highest BCUT2D eigenvalue weighted by Crippen LogP contribution is 2.12. The third kappa shape index (κ3) is 3.45. The summed E-state index contributed by atoms with van der Waals surface area (Å²) in [6.07, 6.45) is 3.02. The van der Waals surface area contributed by atoms with Gasteiger partial charge in [-0.3, -0.25) is 14.4 Å². The largest absolute Gasteiger partial charge is 0.355 e. The molecule has 0 aromatic heterocycles. The fourth-order valence-corrected chi connectivity index (χ4v) is 2.56. The molecule has 2 saturated heterocycles. The van der Waals surface area contributed by atoms with Crippen LogP contribution < -0.4 is 10.6 Å². The summed E-state index contributed by atoms with van der Waals surface area (Å²) in [5.41, 5.74) is 0. The number of carbonyl (C=O) groups excluding carboxylic acids is 3. The topological polar surface area (TPSA) is 78.5 Å². The molecule has 0 radical (unpaired) electrons. The van der Waals surface area contributed by atoms with Crippen molar-refractivity contribution in [3.8, 4) is 0 Å². The molecule has 6 heteroatoms. The predicted molar refractivity (Wildman–Crippen MR) is 69.2 cm³/mol. The minimum atomic E-state index is -0.483. The van der Waals surface area contributed by atoms with Gasteiger partial charge in [0.2, 0.25) is 17.7 Å². The van der Waals surface area contributed by atoms with E-state index in [9.17, 15) is 14.4 Å². The summed E-state index contributed by atoms with van der Waals surface area (Å²) < 4.78 is 0. The quantitative estimate of drug-likeness (QED) is 0.733. The fourth-order valence-electron chi connectivity index (χ4n) is 2.56. The van der Waals surface area contributed by atoms with E-state index in [4.69, 9.17) is 0 Å². The van der Waals surface area contributed by atoms with Crippen molar-refractivity contribution in [2.24, 2.45) is 5.92 Å². The van der Waals surface area contributed by atoms with Crippen molar-refractivity contribution in [1.82, 2.24) is 15.5 Å². The lowest BCUT2D eigenvalue weighted by Crippen LogP contribution is -2.50. The molecule has 6 nitrogen and oxygen atoms in total. The number of amides is 3. The maximum Gasteiger partial charge on any atom is 0.244 e. The molecule has 0 aromatic rings. The van der Waals surface area contributed by atoms with Crippen LogP contribution in [0.3, 0.4) is 0 Å². The average molecular weight is 267 g/mol. The first kappa shape index (κ1) is 13.8. The zero-order valence-electron chi connectivity index (χ0n) is 11.3. The van der Waals surface area contributed by atoms with Crippen LogP contribution in [0.1, 0.15) is 32.6 Å². The van der Waals surface area contributed by atoms with E-state index in [1.165, 1.54) is 0 Å². The highest BCUT2D eigenvalue weighted by molar-refractivity contribution is 5.89. The first-order chi connectivity index (χ1) is 9.08. The molecule has 3 amide bonds. The summed E-state index contributed by atoms with van der Waals surface area (Å²) in [6, 6.07) is -0.483. The van der Waals surface area contributed by atoms with Gasteiger partial charge >= 0.3 is 0 Å². The molecule has 106 valence electrons. The zero-order valence-corrected chi connectivity index (χ0v) is 11.3. The smallest absolute Gasteiger partial charge is 0.244 e. The normalized spacial score (nSPS) is 24.8. The van der Waals surface area contributed by atoms with Crippen molar-refractivity contribution < 1.29 is 14.4 Å². The van der Waals surface area contributed by atoms with Gasteiger partial charge in [0.1, 0.15) is 6.04 Å². The molecule has 0 bridgehead atoms. The highest BCUT2D eigenvalue weighted by atomic mass is 16.2. The summed E-state index contributed by atoms with van der Waals surface area (Å²) in [5, 5.41) is 5.44. The molecular weight excluding hydrogens is 246 g/mol. The summed E-state index contributed by atoms with van der Waals surface area (Å²) in [5.74, 6) is -0.373. The van der Waals surface area contributed by atoms with Gasteiger partial charge in [-0.25, -0.2) is 0 Å². The Balaban J connectivity index is 1.80. The van der Waals surface area contributed by atoms with Gasteiger partial charge in [-0.15, -0.1) is 0 Å². The number of hydrogen-bond acceptors (Lipinski definition) is 3. The molecule has 2 aliphatic heterocycles. The molecule has 0 spiro atoms. The van der Waals surface area contributed by atoms with E-state index in [1.54, 1.807) is 11.8 Å². The van der Waals surface area contributed by atoms with Crippen LogP contribution >= 0.6 is 0 Å². The summed E-state index contributed by atoms with van der Waals surface area (Å²) in [4.78, 5) is 36.9. The first-order valence-corrected chi connectivity index (χ1v) is 6.94. The Labute approximate surface area is 112 Å². The van der Waals surface area contributed by atoms with Crippen LogP contribution in [0.2, 0.25) is 0 Å².